The fourth-order valence-corrected chi connectivity index (χ4v) is 2.76. The second-order valence-corrected chi connectivity index (χ2v) is 5.90. The second-order valence-electron chi connectivity index (χ2n) is 4.99. The van der Waals surface area contributed by atoms with E-state index in [-0.39, 0.29) is 5.69 Å². The molecule has 0 spiro atoms. The zero-order valence-corrected chi connectivity index (χ0v) is 11.1. The van der Waals surface area contributed by atoms with Crippen LogP contribution in [0.2, 0.25) is 0 Å². The topological polar surface area (TPSA) is 79.5 Å². The SMILES string of the molecule is O=[N+]([O-])c1cc(Br)cnc1N1CC(O)(C2CC2)C1. The van der Waals surface area contributed by atoms with Gasteiger partial charge in [0.25, 0.3) is 0 Å². The molecule has 7 heteroatoms. The van der Waals surface area contributed by atoms with Crippen molar-refractivity contribution < 1.29 is 10.0 Å². The van der Waals surface area contributed by atoms with E-state index in [1.807, 2.05) is 0 Å². The van der Waals surface area contributed by atoms with Crippen molar-refractivity contribution in [2.45, 2.75) is 18.4 Å². The van der Waals surface area contributed by atoms with Gasteiger partial charge in [-0.05, 0) is 34.7 Å². The third-order valence-electron chi connectivity index (χ3n) is 3.58. The predicted molar refractivity (Wildman–Crippen MR) is 68.5 cm³/mol. The lowest BCUT2D eigenvalue weighted by molar-refractivity contribution is -0.384. The average Bonchev–Trinajstić information content (AvgIpc) is 3.09. The van der Waals surface area contributed by atoms with Crippen molar-refractivity contribution in [3.63, 3.8) is 0 Å². The summed E-state index contributed by atoms with van der Waals surface area (Å²) in [5.41, 5.74) is -0.690. The Labute approximate surface area is 112 Å². The van der Waals surface area contributed by atoms with Gasteiger partial charge in [0.15, 0.2) is 0 Å². The van der Waals surface area contributed by atoms with Gasteiger partial charge in [-0.1, -0.05) is 0 Å². The Morgan fingerprint density at radius 3 is 2.78 bits per heavy atom. The summed E-state index contributed by atoms with van der Waals surface area (Å²) in [6.07, 6.45) is 3.65. The molecule has 2 heterocycles. The quantitative estimate of drug-likeness (QED) is 0.679. The number of nitro groups is 1. The minimum atomic E-state index is -0.664. The first-order chi connectivity index (χ1) is 8.49. The Hall–Kier alpha value is -1.21. The van der Waals surface area contributed by atoms with E-state index in [2.05, 4.69) is 20.9 Å². The Bertz CT molecular complexity index is 512. The molecule has 3 rings (SSSR count). The number of β-amino-alcohol motifs (C(OH)–C–C–N with tert-alkyl or cyclic N) is 1. The van der Waals surface area contributed by atoms with Crippen LogP contribution in [0.5, 0.6) is 0 Å². The number of nitrogens with zero attached hydrogens (tertiary/aromatic N) is 3. The highest BCUT2D eigenvalue weighted by Gasteiger charge is 2.53. The number of anilines is 1. The van der Waals surface area contributed by atoms with Crippen LogP contribution in [-0.4, -0.2) is 33.7 Å². The van der Waals surface area contributed by atoms with E-state index in [1.165, 1.54) is 12.3 Å². The number of hydrogen-bond acceptors (Lipinski definition) is 5. The molecule has 2 fully saturated rings. The minimum Gasteiger partial charge on any atom is -0.386 e. The first kappa shape index (κ1) is 11.9. The van der Waals surface area contributed by atoms with Crippen LogP contribution in [0.4, 0.5) is 11.5 Å². The number of hydrogen-bond donors (Lipinski definition) is 1. The van der Waals surface area contributed by atoms with Crippen LogP contribution < -0.4 is 4.90 Å². The number of aliphatic hydroxyl groups is 1. The van der Waals surface area contributed by atoms with Crippen molar-refractivity contribution in [2.24, 2.45) is 5.92 Å². The highest BCUT2D eigenvalue weighted by molar-refractivity contribution is 9.10. The van der Waals surface area contributed by atoms with Gasteiger partial charge >= 0.3 is 5.69 Å². The summed E-state index contributed by atoms with van der Waals surface area (Å²) in [4.78, 5) is 16.4. The molecule has 0 bridgehead atoms. The summed E-state index contributed by atoms with van der Waals surface area (Å²) in [5.74, 6) is 0.705. The van der Waals surface area contributed by atoms with Gasteiger partial charge in [0, 0.05) is 16.7 Å². The van der Waals surface area contributed by atoms with Gasteiger partial charge in [0.1, 0.15) is 5.60 Å². The van der Waals surface area contributed by atoms with Gasteiger partial charge in [0.05, 0.1) is 18.0 Å². The normalized spacial score (nSPS) is 21.6. The molecular formula is C11H12BrN3O3. The maximum atomic E-state index is 11.0. The summed E-state index contributed by atoms with van der Waals surface area (Å²) >= 11 is 3.17. The number of halogens is 1. The fraction of sp³-hybridized carbons (Fsp3) is 0.545. The Morgan fingerprint density at radius 2 is 2.22 bits per heavy atom. The second kappa shape index (κ2) is 3.89. The van der Waals surface area contributed by atoms with E-state index < -0.39 is 10.5 Å². The Balaban J connectivity index is 1.83. The van der Waals surface area contributed by atoms with E-state index >= 15 is 0 Å². The lowest BCUT2D eigenvalue weighted by atomic mass is 9.88. The molecule has 6 nitrogen and oxygen atoms in total. The van der Waals surface area contributed by atoms with Crippen molar-refractivity contribution in [1.29, 1.82) is 0 Å². The van der Waals surface area contributed by atoms with E-state index in [0.29, 0.717) is 29.3 Å². The molecule has 0 atom stereocenters. The zero-order valence-electron chi connectivity index (χ0n) is 9.54. The summed E-state index contributed by atoms with van der Waals surface area (Å²) in [5, 5.41) is 21.2. The summed E-state index contributed by atoms with van der Waals surface area (Å²) < 4.78 is 0.580. The third kappa shape index (κ3) is 1.87. The zero-order chi connectivity index (χ0) is 12.9. The average molecular weight is 314 g/mol. The summed E-state index contributed by atoms with van der Waals surface area (Å²) in [7, 11) is 0. The third-order valence-corrected chi connectivity index (χ3v) is 4.01. The number of pyridine rings is 1. The number of rotatable bonds is 3. The molecule has 96 valence electrons. The summed E-state index contributed by atoms with van der Waals surface area (Å²) in [6.45, 7) is 0.875. The molecule has 1 aromatic rings. The van der Waals surface area contributed by atoms with Crippen LogP contribution in [0, 0.1) is 16.0 Å². The molecule has 2 aliphatic rings. The highest BCUT2D eigenvalue weighted by atomic mass is 79.9. The van der Waals surface area contributed by atoms with Gasteiger partial charge in [-0.2, -0.15) is 0 Å². The van der Waals surface area contributed by atoms with E-state index in [1.54, 1.807) is 4.90 Å². The van der Waals surface area contributed by atoms with Crippen LogP contribution in [-0.2, 0) is 0 Å². The highest BCUT2D eigenvalue weighted by Crippen LogP contribution is 2.46. The van der Waals surface area contributed by atoms with E-state index in [0.717, 1.165) is 12.8 Å². The van der Waals surface area contributed by atoms with Gasteiger partial charge < -0.3 is 10.0 Å². The van der Waals surface area contributed by atoms with Crippen molar-refractivity contribution in [2.75, 3.05) is 18.0 Å². The van der Waals surface area contributed by atoms with Crippen molar-refractivity contribution in [1.82, 2.24) is 4.98 Å². The molecule has 1 N–H and O–H groups in total. The maximum Gasteiger partial charge on any atom is 0.312 e. The van der Waals surface area contributed by atoms with Gasteiger partial charge in [-0.15, -0.1) is 0 Å². The molecule has 0 radical (unpaired) electrons. The molecule has 0 aromatic carbocycles. The van der Waals surface area contributed by atoms with Crippen LogP contribution in [0.15, 0.2) is 16.7 Å². The van der Waals surface area contributed by atoms with Gasteiger partial charge in [-0.25, -0.2) is 4.98 Å². The largest absolute Gasteiger partial charge is 0.386 e. The molecule has 0 unspecified atom stereocenters. The molecule has 1 saturated heterocycles. The Morgan fingerprint density at radius 1 is 1.56 bits per heavy atom. The van der Waals surface area contributed by atoms with Crippen LogP contribution in [0.1, 0.15) is 12.8 Å². The first-order valence-electron chi connectivity index (χ1n) is 5.77. The predicted octanol–water partition coefficient (Wildman–Crippen LogP) is 1.71. The van der Waals surface area contributed by atoms with Crippen molar-refractivity contribution in [3.05, 3.63) is 26.9 Å². The first-order valence-corrected chi connectivity index (χ1v) is 6.56. The molecule has 18 heavy (non-hydrogen) atoms. The van der Waals surface area contributed by atoms with Gasteiger partial charge in [0.2, 0.25) is 5.82 Å². The standard InChI is InChI=1S/C11H12BrN3O3/c12-8-3-9(15(17)18)10(13-4-8)14-5-11(16,6-14)7-1-2-7/h3-4,7,16H,1-2,5-6H2. The van der Waals surface area contributed by atoms with E-state index in [4.69, 9.17) is 0 Å². The fourth-order valence-electron chi connectivity index (χ4n) is 2.44. The smallest absolute Gasteiger partial charge is 0.312 e. The maximum absolute atomic E-state index is 11.0. The van der Waals surface area contributed by atoms with Crippen LogP contribution >= 0.6 is 15.9 Å². The number of aromatic nitrogens is 1. The molecule has 1 aromatic heterocycles. The van der Waals surface area contributed by atoms with Crippen molar-refractivity contribution >= 4 is 27.4 Å². The molecule has 1 aliphatic heterocycles. The monoisotopic (exact) mass is 313 g/mol. The van der Waals surface area contributed by atoms with Gasteiger partial charge in [-0.3, -0.25) is 10.1 Å². The van der Waals surface area contributed by atoms with E-state index in [9.17, 15) is 15.2 Å². The molecule has 0 amide bonds. The minimum absolute atomic E-state index is 0.0257. The van der Waals surface area contributed by atoms with Crippen LogP contribution in [0.25, 0.3) is 0 Å². The lowest BCUT2D eigenvalue weighted by Crippen LogP contribution is -2.63. The summed E-state index contributed by atoms with van der Waals surface area (Å²) in [6, 6.07) is 1.44. The van der Waals surface area contributed by atoms with Crippen molar-refractivity contribution in [3.8, 4) is 0 Å². The Kier molecular flexibility index (Phi) is 2.56. The lowest BCUT2D eigenvalue weighted by Gasteiger charge is -2.47. The molecular weight excluding hydrogens is 302 g/mol. The molecule has 1 aliphatic carbocycles. The molecule has 1 saturated carbocycles. The van der Waals surface area contributed by atoms with Crippen LogP contribution in [0.3, 0.4) is 0 Å².